The fourth-order valence-electron chi connectivity index (χ4n) is 2.13. The van der Waals surface area contributed by atoms with Crippen molar-refractivity contribution in [3.63, 3.8) is 0 Å². The lowest BCUT2D eigenvalue weighted by molar-refractivity contribution is 0.473. The Kier molecular flexibility index (Phi) is 6.52. The second kappa shape index (κ2) is 7.65. The van der Waals surface area contributed by atoms with E-state index in [1.165, 1.54) is 11.8 Å². The third-order valence-electron chi connectivity index (χ3n) is 3.15. The molecule has 19 heavy (non-hydrogen) atoms. The van der Waals surface area contributed by atoms with Crippen molar-refractivity contribution < 1.29 is 8.42 Å². The van der Waals surface area contributed by atoms with Gasteiger partial charge in [-0.05, 0) is 43.5 Å². The summed E-state index contributed by atoms with van der Waals surface area (Å²) in [5.74, 6) is 0. The van der Waals surface area contributed by atoms with Crippen molar-refractivity contribution >= 4 is 9.84 Å². The molecule has 3 nitrogen and oxygen atoms in total. The summed E-state index contributed by atoms with van der Waals surface area (Å²) in [6, 6.07) is 7.73. The maximum absolute atomic E-state index is 11.4. The Labute approximate surface area is 117 Å². The minimum atomic E-state index is -3.09. The summed E-state index contributed by atoms with van der Waals surface area (Å²) in [6.07, 6.45) is 5.63. The second-order valence-electron chi connectivity index (χ2n) is 5.06. The minimum absolute atomic E-state index is 0.393. The monoisotopic (exact) mass is 283 g/mol. The van der Waals surface area contributed by atoms with Crippen LogP contribution in [0.4, 0.5) is 0 Å². The first-order valence-corrected chi connectivity index (χ1v) is 8.88. The summed E-state index contributed by atoms with van der Waals surface area (Å²) in [6.45, 7) is 5.39. The van der Waals surface area contributed by atoms with Crippen LogP contribution < -0.4 is 5.32 Å². The third kappa shape index (κ3) is 5.74. The largest absolute Gasteiger partial charge is 0.314 e. The fraction of sp³-hybridized carbons (Fsp3) is 0.600. The zero-order chi connectivity index (χ0) is 14.3. The van der Waals surface area contributed by atoms with E-state index in [1.54, 1.807) is 12.1 Å². The normalized spacial score (nSPS) is 13.4. The number of nitrogens with one attached hydrogen (secondary N) is 1. The van der Waals surface area contributed by atoms with Gasteiger partial charge in [0.1, 0.15) is 0 Å². The molecule has 0 amide bonds. The van der Waals surface area contributed by atoms with Crippen LogP contribution in [0.15, 0.2) is 29.2 Å². The maximum Gasteiger partial charge on any atom is 0.175 e. The molecule has 108 valence electrons. The highest BCUT2D eigenvalue weighted by Gasteiger charge is 2.10. The summed E-state index contributed by atoms with van der Waals surface area (Å²) < 4.78 is 22.8. The van der Waals surface area contributed by atoms with Crippen molar-refractivity contribution in [3.05, 3.63) is 29.8 Å². The fourth-order valence-corrected chi connectivity index (χ4v) is 2.76. The molecule has 0 saturated heterocycles. The Hall–Kier alpha value is -0.870. The molecular formula is C15H25NO2S. The molecule has 1 aromatic rings. The van der Waals surface area contributed by atoms with Gasteiger partial charge in [0.15, 0.2) is 9.84 Å². The number of hydrogen-bond donors (Lipinski definition) is 1. The number of sulfone groups is 1. The van der Waals surface area contributed by atoms with Crippen LogP contribution in [-0.4, -0.2) is 27.3 Å². The molecule has 0 spiro atoms. The molecule has 4 heteroatoms. The van der Waals surface area contributed by atoms with Gasteiger partial charge in [-0.15, -0.1) is 0 Å². The number of benzene rings is 1. The van der Waals surface area contributed by atoms with Gasteiger partial charge in [-0.1, -0.05) is 32.4 Å². The molecule has 1 rings (SSSR count). The van der Waals surface area contributed by atoms with E-state index in [0.717, 1.165) is 32.2 Å². The van der Waals surface area contributed by atoms with E-state index in [4.69, 9.17) is 0 Å². The van der Waals surface area contributed by atoms with Crippen LogP contribution in [0.1, 0.15) is 38.7 Å². The number of rotatable bonds is 8. The molecular weight excluding hydrogens is 258 g/mol. The molecule has 1 N–H and O–H groups in total. The van der Waals surface area contributed by atoms with Gasteiger partial charge in [0, 0.05) is 12.3 Å². The summed E-state index contributed by atoms with van der Waals surface area (Å²) in [5.41, 5.74) is 1.19. The lowest BCUT2D eigenvalue weighted by Crippen LogP contribution is -2.31. The molecule has 0 aliphatic heterocycles. The van der Waals surface area contributed by atoms with Crippen LogP contribution in [-0.2, 0) is 16.3 Å². The molecule has 1 unspecified atom stereocenters. The lowest BCUT2D eigenvalue weighted by atomic mass is 10.0. The highest BCUT2D eigenvalue weighted by atomic mass is 32.2. The van der Waals surface area contributed by atoms with Gasteiger partial charge >= 0.3 is 0 Å². The summed E-state index contributed by atoms with van der Waals surface area (Å²) in [5, 5.41) is 3.55. The van der Waals surface area contributed by atoms with E-state index in [0.29, 0.717) is 10.9 Å². The highest BCUT2D eigenvalue weighted by Crippen LogP contribution is 2.13. The van der Waals surface area contributed by atoms with E-state index in [2.05, 4.69) is 19.2 Å². The van der Waals surface area contributed by atoms with E-state index in [-0.39, 0.29) is 0 Å². The first kappa shape index (κ1) is 16.2. The van der Waals surface area contributed by atoms with Crippen molar-refractivity contribution in [1.29, 1.82) is 0 Å². The number of hydrogen-bond acceptors (Lipinski definition) is 3. The van der Waals surface area contributed by atoms with Crippen molar-refractivity contribution in [3.8, 4) is 0 Å². The SMILES string of the molecule is CCCNC(CCC)Cc1ccc(S(C)(=O)=O)cc1. The maximum atomic E-state index is 11.4. The third-order valence-corrected chi connectivity index (χ3v) is 4.28. The van der Waals surface area contributed by atoms with Gasteiger partial charge < -0.3 is 5.32 Å². The molecule has 0 fully saturated rings. The zero-order valence-electron chi connectivity index (χ0n) is 12.1. The van der Waals surface area contributed by atoms with Crippen LogP contribution in [0.2, 0.25) is 0 Å². The predicted octanol–water partition coefficient (Wildman–Crippen LogP) is 2.80. The Morgan fingerprint density at radius 3 is 2.21 bits per heavy atom. The molecule has 0 aliphatic carbocycles. The van der Waals surface area contributed by atoms with Crippen LogP contribution in [0, 0.1) is 0 Å². The summed E-state index contributed by atoms with van der Waals surface area (Å²) in [4.78, 5) is 0.393. The Morgan fingerprint density at radius 2 is 1.74 bits per heavy atom. The summed E-state index contributed by atoms with van der Waals surface area (Å²) in [7, 11) is -3.09. The first-order chi connectivity index (χ1) is 8.97. The van der Waals surface area contributed by atoms with Crippen molar-refractivity contribution in [2.24, 2.45) is 0 Å². The van der Waals surface area contributed by atoms with Gasteiger partial charge in [-0.3, -0.25) is 0 Å². The standard InChI is InChI=1S/C15H25NO2S/c1-4-6-14(16-11-5-2)12-13-7-9-15(10-8-13)19(3,17)18/h7-10,14,16H,4-6,11-12H2,1-3H3. The van der Waals surface area contributed by atoms with Gasteiger partial charge in [0.25, 0.3) is 0 Å². The topological polar surface area (TPSA) is 46.2 Å². The average Bonchev–Trinajstić information content (AvgIpc) is 2.36. The van der Waals surface area contributed by atoms with Crippen LogP contribution >= 0.6 is 0 Å². The second-order valence-corrected chi connectivity index (χ2v) is 7.08. The predicted molar refractivity (Wildman–Crippen MR) is 80.2 cm³/mol. The minimum Gasteiger partial charge on any atom is -0.314 e. The molecule has 0 heterocycles. The zero-order valence-corrected chi connectivity index (χ0v) is 13.0. The van der Waals surface area contributed by atoms with Gasteiger partial charge in [-0.2, -0.15) is 0 Å². The highest BCUT2D eigenvalue weighted by molar-refractivity contribution is 7.90. The molecule has 1 aromatic carbocycles. The molecule has 0 saturated carbocycles. The summed E-state index contributed by atoms with van der Waals surface area (Å²) >= 11 is 0. The van der Waals surface area contributed by atoms with E-state index in [9.17, 15) is 8.42 Å². The van der Waals surface area contributed by atoms with Crippen LogP contribution in [0.5, 0.6) is 0 Å². The molecule has 1 atom stereocenters. The molecule has 0 radical (unpaired) electrons. The Balaban J connectivity index is 2.69. The molecule has 0 aliphatic rings. The van der Waals surface area contributed by atoms with E-state index >= 15 is 0 Å². The van der Waals surface area contributed by atoms with Gasteiger partial charge in [-0.25, -0.2) is 8.42 Å². The van der Waals surface area contributed by atoms with Crippen LogP contribution in [0.25, 0.3) is 0 Å². The molecule has 0 aromatic heterocycles. The van der Waals surface area contributed by atoms with Crippen molar-refractivity contribution in [2.75, 3.05) is 12.8 Å². The van der Waals surface area contributed by atoms with Crippen molar-refractivity contribution in [1.82, 2.24) is 5.32 Å². The van der Waals surface area contributed by atoms with Crippen LogP contribution in [0.3, 0.4) is 0 Å². The van der Waals surface area contributed by atoms with E-state index in [1.807, 2.05) is 12.1 Å². The van der Waals surface area contributed by atoms with Gasteiger partial charge in [0.2, 0.25) is 0 Å². The average molecular weight is 283 g/mol. The smallest absolute Gasteiger partial charge is 0.175 e. The van der Waals surface area contributed by atoms with E-state index < -0.39 is 9.84 Å². The van der Waals surface area contributed by atoms with Gasteiger partial charge in [0.05, 0.1) is 4.90 Å². The lowest BCUT2D eigenvalue weighted by Gasteiger charge is -2.18. The Bertz CT molecular complexity index is 465. The van der Waals surface area contributed by atoms with Crippen molar-refractivity contribution in [2.45, 2.75) is 50.5 Å². The molecule has 0 bridgehead atoms. The Morgan fingerprint density at radius 1 is 1.11 bits per heavy atom. The first-order valence-electron chi connectivity index (χ1n) is 6.99. The quantitative estimate of drug-likeness (QED) is 0.798.